The fraction of sp³-hybridized carbons (Fsp3) is 0.0952. The summed E-state index contributed by atoms with van der Waals surface area (Å²) >= 11 is 3.44. The van der Waals surface area contributed by atoms with Gasteiger partial charge in [-0.25, -0.2) is 4.83 Å². The third kappa shape index (κ3) is 5.43. The van der Waals surface area contributed by atoms with Crippen molar-refractivity contribution in [1.82, 2.24) is 4.83 Å². The van der Waals surface area contributed by atoms with E-state index in [2.05, 4.69) is 25.9 Å². The van der Waals surface area contributed by atoms with E-state index in [1.807, 2.05) is 49.4 Å². The summed E-state index contributed by atoms with van der Waals surface area (Å²) in [5.41, 5.74) is 2.67. The van der Waals surface area contributed by atoms with Gasteiger partial charge in [0.2, 0.25) is 0 Å². The van der Waals surface area contributed by atoms with Gasteiger partial charge in [-0.05, 0) is 48.9 Å². The van der Waals surface area contributed by atoms with Gasteiger partial charge in [0, 0.05) is 10.0 Å². The molecule has 0 saturated heterocycles. The molecular weight excluding hydrogens is 440 g/mol. The first kappa shape index (κ1) is 20.1. The van der Waals surface area contributed by atoms with Crippen molar-refractivity contribution in [3.63, 3.8) is 0 Å². The number of hydrogen-bond acceptors (Lipinski definition) is 4. The smallest absolute Gasteiger partial charge is 0.276 e. The van der Waals surface area contributed by atoms with Gasteiger partial charge in [0.25, 0.3) is 10.0 Å². The number of halogens is 1. The highest BCUT2D eigenvalue weighted by atomic mass is 79.9. The van der Waals surface area contributed by atoms with E-state index in [0.717, 1.165) is 15.6 Å². The molecule has 0 unspecified atom stereocenters. The first-order chi connectivity index (χ1) is 13.4. The number of nitrogens with zero attached hydrogens (tertiary/aromatic N) is 1. The molecule has 0 heterocycles. The van der Waals surface area contributed by atoms with Gasteiger partial charge in [-0.2, -0.15) is 13.5 Å². The molecule has 0 aliphatic heterocycles. The van der Waals surface area contributed by atoms with Crippen LogP contribution < -0.4 is 9.57 Å². The Balaban J connectivity index is 1.69. The molecule has 0 aliphatic carbocycles. The Morgan fingerprint density at radius 3 is 2.54 bits per heavy atom. The maximum atomic E-state index is 12.3. The number of ether oxygens (including phenoxy) is 1. The van der Waals surface area contributed by atoms with Gasteiger partial charge in [0.15, 0.2) is 0 Å². The van der Waals surface area contributed by atoms with Crippen LogP contribution >= 0.6 is 15.9 Å². The molecule has 0 spiro atoms. The lowest BCUT2D eigenvalue weighted by molar-refractivity contribution is 0.305. The molecule has 3 aromatic carbocycles. The zero-order valence-electron chi connectivity index (χ0n) is 15.2. The average Bonchev–Trinajstić information content (AvgIpc) is 2.67. The molecule has 0 amide bonds. The Kier molecular flexibility index (Phi) is 6.49. The molecule has 0 aliphatic rings. The van der Waals surface area contributed by atoms with E-state index in [9.17, 15) is 8.42 Å². The number of hydrogen-bond donors (Lipinski definition) is 1. The highest BCUT2D eigenvalue weighted by molar-refractivity contribution is 9.10. The van der Waals surface area contributed by atoms with Crippen molar-refractivity contribution in [2.75, 3.05) is 0 Å². The molecule has 0 radical (unpaired) electrons. The molecule has 0 aromatic heterocycles. The topological polar surface area (TPSA) is 67.8 Å². The summed E-state index contributed by atoms with van der Waals surface area (Å²) in [4.78, 5) is 2.39. The zero-order valence-corrected chi connectivity index (χ0v) is 17.6. The van der Waals surface area contributed by atoms with E-state index in [1.54, 1.807) is 30.3 Å². The van der Waals surface area contributed by atoms with Crippen molar-refractivity contribution in [2.45, 2.75) is 18.4 Å². The van der Waals surface area contributed by atoms with Crippen LogP contribution in [0.15, 0.2) is 87.3 Å². The Bertz CT molecular complexity index is 1080. The summed E-state index contributed by atoms with van der Waals surface area (Å²) in [6.45, 7) is 2.28. The van der Waals surface area contributed by atoms with Gasteiger partial charge < -0.3 is 4.74 Å². The molecule has 144 valence electrons. The second-order valence-electron chi connectivity index (χ2n) is 6.12. The van der Waals surface area contributed by atoms with Crippen molar-refractivity contribution in [1.29, 1.82) is 0 Å². The average molecular weight is 459 g/mol. The van der Waals surface area contributed by atoms with Crippen LogP contribution in [0.25, 0.3) is 0 Å². The monoisotopic (exact) mass is 458 g/mol. The fourth-order valence-corrected chi connectivity index (χ4v) is 3.68. The molecule has 0 fully saturated rings. The van der Waals surface area contributed by atoms with Gasteiger partial charge in [0.1, 0.15) is 12.4 Å². The largest absolute Gasteiger partial charge is 0.488 e. The summed E-state index contributed by atoms with van der Waals surface area (Å²) in [6.07, 6.45) is 1.43. The third-order valence-electron chi connectivity index (χ3n) is 3.91. The minimum absolute atomic E-state index is 0.162. The van der Waals surface area contributed by atoms with Crippen LogP contribution in [0, 0.1) is 6.92 Å². The molecule has 0 atom stereocenters. The second-order valence-corrected chi connectivity index (χ2v) is 8.70. The first-order valence-corrected chi connectivity index (χ1v) is 10.8. The summed E-state index contributed by atoms with van der Waals surface area (Å²) in [6, 6.07) is 21.7. The molecular formula is C21H19BrN2O3S. The number of aryl methyl sites for hydroxylation is 1. The van der Waals surface area contributed by atoms with Crippen molar-refractivity contribution in [3.05, 3.63) is 94.0 Å². The Labute approximate surface area is 173 Å². The number of para-hydroxylation sites is 1. The zero-order chi connectivity index (χ0) is 20.0. The number of nitrogens with one attached hydrogen (secondary N) is 1. The van der Waals surface area contributed by atoms with E-state index in [0.29, 0.717) is 17.9 Å². The highest BCUT2D eigenvalue weighted by Gasteiger charge is 2.12. The maximum Gasteiger partial charge on any atom is 0.276 e. The lowest BCUT2D eigenvalue weighted by Crippen LogP contribution is -2.18. The van der Waals surface area contributed by atoms with Crippen LogP contribution in [0.5, 0.6) is 5.75 Å². The quantitative estimate of drug-likeness (QED) is 0.413. The lowest BCUT2D eigenvalue weighted by atomic mass is 10.2. The molecule has 5 nitrogen and oxygen atoms in total. The van der Waals surface area contributed by atoms with Crippen molar-refractivity contribution >= 4 is 32.2 Å². The molecule has 7 heteroatoms. The third-order valence-corrected chi connectivity index (χ3v) is 5.64. The van der Waals surface area contributed by atoms with Crippen LogP contribution in [-0.2, 0) is 16.6 Å². The number of rotatable bonds is 7. The Morgan fingerprint density at radius 1 is 1.04 bits per heavy atom. The summed E-state index contributed by atoms with van der Waals surface area (Å²) in [5.74, 6) is 0.612. The van der Waals surface area contributed by atoms with Crippen molar-refractivity contribution in [2.24, 2.45) is 5.10 Å². The van der Waals surface area contributed by atoms with Crippen LogP contribution in [0.1, 0.15) is 16.7 Å². The molecule has 3 aromatic rings. The molecule has 0 saturated carbocycles. The Hall–Kier alpha value is -2.64. The van der Waals surface area contributed by atoms with E-state index >= 15 is 0 Å². The maximum absolute atomic E-state index is 12.3. The fourth-order valence-electron chi connectivity index (χ4n) is 2.44. The van der Waals surface area contributed by atoms with Gasteiger partial charge in [-0.1, -0.05) is 57.9 Å². The van der Waals surface area contributed by atoms with E-state index in [1.165, 1.54) is 6.21 Å². The molecule has 3 rings (SSSR count). The van der Waals surface area contributed by atoms with Gasteiger partial charge in [-0.3, -0.25) is 0 Å². The standard InChI is InChI=1S/C21H19BrN2O3S/c1-16-9-11-20(12-10-16)28(25,26)24-23-14-18-6-2-3-8-21(18)27-15-17-5-4-7-19(22)13-17/h2-14,24H,15H2,1H3. The van der Waals surface area contributed by atoms with E-state index in [4.69, 9.17) is 4.74 Å². The van der Waals surface area contributed by atoms with Crippen LogP contribution in [0.2, 0.25) is 0 Å². The normalized spacial score (nSPS) is 11.5. The molecule has 28 heavy (non-hydrogen) atoms. The number of sulfonamides is 1. The lowest BCUT2D eigenvalue weighted by Gasteiger charge is -2.09. The summed E-state index contributed by atoms with van der Waals surface area (Å²) in [7, 11) is -3.71. The minimum Gasteiger partial charge on any atom is -0.488 e. The van der Waals surface area contributed by atoms with Crippen LogP contribution in [0.3, 0.4) is 0 Å². The number of hydrazone groups is 1. The predicted molar refractivity (Wildman–Crippen MR) is 114 cm³/mol. The van der Waals surface area contributed by atoms with Crippen molar-refractivity contribution < 1.29 is 13.2 Å². The van der Waals surface area contributed by atoms with Crippen LogP contribution in [0.4, 0.5) is 0 Å². The molecule has 0 bridgehead atoms. The summed E-state index contributed by atoms with van der Waals surface area (Å²) in [5, 5.41) is 3.89. The van der Waals surface area contributed by atoms with Gasteiger partial charge in [-0.15, -0.1) is 0 Å². The number of benzene rings is 3. The summed E-state index contributed by atoms with van der Waals surface area (Å²) < 4.78 is 31.5. The predicted octanol–water partition coefficient (Wildman–Crippen LogP) is 4.65. The van der Waals surface area contributed by atoms with Crippen molar-refractivity contribution in [3.8, 4) is 5.75 Å². The van der Waals surface area contributed by atoms with E-state index < -0.39 is 10.0 Å². The van der Waals surface area contributed by atoms with Gasteiger partial charge >= 0.3 is 0 Å². The first-order valence-electron chi connectivity index (χ1n) is 8.52. The van der Waals surface area contributed by atoms with Gasteiger partial charge in [0.05, 0.1) is 11.1 Å². The SMILES string of the molecule is Cc1ccc(S(=O)(=O)NN=Cc2ccccc2OCc2cccc(Br)c2)cc1. The van der Waals surface area contributed by atoms with Crippen LogP contribution in [-0.4, -0.2) is 14.6 Å². The molecule has 1 N–H and O–H groups in total. The van der Waals surface area contributed by atoms with E-state index in [-0.39, 0.29) is 4.90 Å². The second kappa shape index (κ2) is 9.03. The Morgan fingerprint density at radius 2 is 1.79 bits per heavy atom. The highest BCUT2D eigenvalue weighted by Crippen LogP contribution is 2.19. The minimum atomic E-state index is -3.71.